The number of carbonyl (C=O) groups is 1. The molecule has 7 nitrogen and oxygen atoms in total. The molecule has 0 atom stereocenters. The van der Waals surface area contributed by atoms with Gasteiger partial charge in [0.25, 0.3) is 5.91 Å². The Morgan fingerprint density at radius 2 is 1.82 bits per heavy atom. The van der Waals surface area contributed by atoms with Gasteiger partial charge in [-0.3, -0.25) is 4.79 Å². The zero-order valence-electron chi connectivity index (χ0n) is 14.9. The standard InChI is InChI=1S/C18H16ClN5O2S2/c1-10-7-16(26-2)14(8-13(10)19)22-18(27)21-12-5-3-11(4-6-12)20-17(25)15-9-28-24-23-15/h3-9H,1-2H3,(H,20,25)(H2,21,22,27). The van der Waals surface area contributed by atoms with Crippen LogP contribution in [0.1, 0.15) is 16.1 Å². The molecule has 0 radical (unpaired) electrons. The smallest absolute Gasteiger partial charge is 0.277 e. The number of halogens is 1. The van der Waals surface area contributed by atoms with E-state index >= 15 is 0 Å². The number of methoxy groups -OCH3 is 1. The van der Waals surface area contributed by atoms with Gasteiger partial charge in [0.15, 0.2) is 10.8 Å². The van der Waals surface area contributed by atoms with Gasteiger partial charge in [-0.15, -0.1) is 5.10 Å². The molecule has 28 heavy (non-hydrogen) atoms. The van der Waals surface area contributed by atoms with Crippen molar-refractivity contribution in [2.75, 3.05) is 23.1 Å². The quantitative estimate of drug-likeness (QED) is 0.508. The fourth-order valence-electron chi connectivity index (χ4n) is 2.30. The zero-order chi connectivity index (χ0) is 20.1. The summed E-state index contributed by atoms with van der Waals surface area (Å²) in [4.78, 5) is 12.0. The number of aryl methyl sites for hydroxylation is 1. The number of ether oxygens (including phenoxy) is 1. The Balaban J connectivity index is 1.62. The van der Waals surface area contributed by atoms with Crippen LogP contribution in [0.4, 0.5) is 17.1 Å². The average molecular weight is 434 g/mol. The van der Waals surface area contributed by atoms with Crippen molar-refractivity contribution in [1.29, 1.82) is 0 Å². The van der Waals surface area contributed by atoms with Gasteiger partial charge in [0, 0.05) is 21.8 Å². The molecule has 144 valence electrons. The first-order valence-electron chi connectivity index (χ1n) is 8.07. The van der Waals surface area contributed by atoms with Gasteiger partial charge in [0.05, 0.1) is 12.8 Å². The van der Waals surface area contributed by atoms with Crippen LogP contribution in [0.2, 0.25) is 5.02 Å². The second-order valence-corrected chi connectivity index (χ2v) is 7.13. The third kappa shape index (κ3) is 4.94. The second-order valence-electron chi connectivity index (χ2n) is 5.70. The second kappa shape index (κ2) is 8.96. The van der Waals surface area contributed by atoms with Gasteiger partial charge in [-0.05, 0) is 72.6 Å². The van der Waals surface area contributed by atoms with E-state index in [0.717, 1.165) is 22.8 Å². The SMILES string of the molecule is COc1cc(C)c(Cl)cc1NC(=S)Nc1ccc(NC(=O)c2csnn2)cc1. The summed E-state index contributed by atoms with van der Waals surface area (Å²) in [5, 5.41) is 15.2. The van der Waals surface area contributed by atoms with Crippen molar-refractivity contribution in [2.45, 2.75) is 6.92 Å². The van der Waals surface area contributed by atoms with Crippen LogP contribution in [-0.2, 0) is 0 Å². The van der Waals surface area contributed by atoms with Crippen LogP contribution in [0.15, 0.2) is 41.8 Å². The number of thiocarbonyl (C=S) groups is 1. The molecule has 0 aliphatic carbocycles. The van der Waals surface area contributed by atoms with E-state index in [0.29, 0.717) is 27.3 Å². The zero-order valence-corrected chi connectivity index (χ0v) is 17.3. The Kier molecular flexibility index (Phi) is 6.40. The number of rotatable bonds is 5. The third-order valence-electron chi connectivity index (χ3n) is 3.72. The van der Waals surface area contributed by atoms with Crippen LogP contribution < -0.4 is 20.7 Å². The van der Waals surface area contributed by atoms with Crippen LogP contribution in [0.25, 0.3) is 0 Å². The molecule has 0 spiro atoms. The molecule has 3 aromatic rings. The molecule has 0 saturated carbocycles. The summed E-state index contributed by atoms with van der Waals surface area (Å²) in [6.45, 7) is 1.90. The number of aromatic nitrogens is 2. The van der Waals surface area contributed by atoms with Gasteiger partial charge in [0.1, 0.15) is 5.75 Å². The Labute approximate surface area is 176 Å². The molecule has 1 amide bonds. The van der Waals surface area contributed by atoms with Gasteiger partial charge in [0.2, 0.25) is 0 Å². The largest absolute Gasteiger partial charge is 0.495 e. The summed E-state index contributed by atoms with van der Waals surface area (Å²) in [5.41, 5.74) is 3.24. The van der Waals surface area contributed by atoms with Crippen molar-refractivity contribution in [3.8, 4) is 5.75 Å². The highest BCUT2D eigenvalue weighted by atomic mass is 35.5. The fraction of sp³-hybridized carbons (Fsp3) is 0.111. The van der Waals surface area contributed by atoms with E-state index < -0.39 is 0 Å². The first kappa shape index (κ1) is 20.0. The number of hydrogen-bond donors (Lipinski definition) is 3. The highest BCUT2D eigenvalue weighted by Gasteiger charge is 2.10. The van der Waals surface area contributed by atoms with Crippen LogP contribution in [-0.4, -0.2) is 27.7 Å². The number of nitrogens with zero attached hydrogens (tertiary/aromatic N) is 2. The summed E-state index contributed by atoms with van der Waals surface area (Å²) in [6.07, 6.45) is 0. The van der Waals surface area contributed by atoms with Gasteiger partial charge in [-0.2, -0.15) is 0 Å². The maximum absolute atomic E-state index is 12.0. The van der Waals surface area contributed by atoms with E-state index in [2.05, 4.69) is 25.5 Å². The van der Waals surface area contributed by atoms with Crippen LogP contribution in [0, 0.1) is 6.92 Å². The molecule has 0 fully saturated rings. The summed E-state index contributed by atoms with van der Waals surface area (Å²) >= 11 is 12.7. The normalized spacial score (nSPS) is 10.2. The van der Waals surface area contributed by atoms with E-state index in [4.69, 9.17) is 28.6 Å². The van der Waals surface area contributed by atoms with E-state index in [-0.39, 0.29) is 11.6 Å². The number of hydrogen-bond acceptors (Lipinski definition) is 6. The van der Waals surface area contributed by atoms with E-state index in [1.807, 2.05) is 13.0 Å². The van der Waals surface area contributed by atoms with Crippen molar-refractivity contribution in [1.82, 2.24) is 9.59 Å². The fourth-order valence-corrected chi connectivity index (χ4v) is 3.13. The minimum Gasteiger partial charge on any atom is -0.495 e. The summed E-state index contributed by atoms with van der Waals surface area (Å²) < 4.78 is 9.03. The molecule has 1 aromatic heterocycles. The lowest BCUT2D eigenvalue weighted by Crippen LogP contribution is -2.19. The van der Waals surface area contributed by atoms with Crippen LogP contribution in [0.3, 0.4) is 0 Å². The van der Waals surface area contributed by atoms with E-state index in [1.54, 1.807) is 42.8 Å². The Hall–Kier alpha value is -2.75. The van der Waals surface area contributed by atoms with Crippen molar-refractivity contribution in [2.24, 2.45) is 0 Å². The number of benzene rings is 2. The maximum Gasteiger partial charge on any atom is 0.277 e. The Morgan fingerprint density at radius 1 is 1.14 bits per heavy atom. The van der Waals surface area contributed by atoms with Gasteiger partial charge >= 0.3 is 0 Å². The van der Waals surface area contributed by atoms with E-state index in [1.165, 1.54) is 0 Å². The van der Waals surface area contributed by atoms with Gasteiger partial charge < -0.3 is 20.7 Å². The molecule has 0 aliphatic heterocycles. The first-order valence-corrected chi connectivity index (χ1v) is 9.69. The minimum absolute atomic E-state index is 0.281. The molecular formula is C18H16ClN5O2S2. The lowest BCUT2D eigenvalue weighted by Gasteiger charge is -2.15. The molecule has 0 aliphatic rings. The monoisotopic (exact) mass is 433 g/mol. The van der Waals surface area contributed by atoms with Gasteiger partial charge in [-0.25, -0.2) is 0 Å². The Bertz CT molecular complexity index is 994. The van der Waals surface area contributed by atoms with Crippen molar-refractivity contribution >= 4 is 63.4 Å². The highest BCUT2D eigenvalue weighted by Crippen LogP contribution is 2.31. The minimum atomic E-state index is -0.310. The first-order chi connectivity index (χ1) is 13.5. The molecule has 3 rings (SSSR count). The van der Waals surface area contributed by atoms with Crippen molar-refractivity contribution in [3.63, 3.8) is 0 Å². The Morgan fingerprint density at radius 3 is 2.43 bits per heavy atom. The molecule has 0 saturated heterocycles. The number of nitrogens with one attached hydrogen (secondary N) is 3. The maximum atomic E-state index is 12.0. The molecule has 0 unspecified atom stereocenters. The van der Waals surface area contributed by atoms with Gasteiger partial charge in [-0.1, -0.05) is 16.1 Å². The number of anilines is 3. The third-order valence-corrected chi connectivity index (χ3v) is 4.84. The predicted molar refractivity (Wildman–Crippen MR) is 117 cm³/mol. The number of carbonyl (C=O) groups excluding carboxylic acids is 1. The predicted octanol–water partition coefficient (Wildman–Crippen LogP) is 4.57. The highest BCUT2D eigenvalue weighted by molar-refractivity contribution is 7.80. The molecule has 1 heterocycles. The summed E-state index contributed by atoms with van der Waals surface area (Å²) in [7, 11) is 1.58. The average Bonchev–Trinajstić information content (AvgIpc) is 3.21. The van der Waals surface area contributed by atoms with Crippen molar-refractivity contribution in [3.05, 3.63) is 58.1 Å². The lowest BCUT2D eigenvalue weighted by atomic mass is 10.2. The number of amides is 1. The molecular weight excluding hydrogens is 418 g/mol. The lowest BCUT2D eigenvalue weighted by molar-refractivity contribution is 0.102. The summed E-state index contributed by atoms with van der Waals surface area (Å²) in [6, 6.07) is 10.7. The molecule has 10 heteroatoms. The molecule has 0 bridgehead atoms. The van der Waals surface area contributed by atoms with E-state index in [9.17, 15) is 4.79 Å². The molecule has 3 N–H and O–H groups in total. The summed E-state index contributed by atoms with van der Waals surface area (Å²) in [5.74, 6) is 0.329. The topological polar surface area (TPSA) is 88.2 Å². The van der Waals surface area contributed by atoms with Crippen LogP contribution >= 0.6 is 35.4 Å². The van der Waals surface area contributed by atoms with Crippen LogP contribution in [0.5, 0.6) is 5.75 Å². The molecule has 2 aromatic carbocycles. The van der Waals surface area contributed by atoms with Crippen molar-refractivity contribution < 1.29 is 9.53 Å².